The summed E-state index contributed by atoms with van der Waals surface area (Å²) < 4.78 is 1.80. The van der Waals surface area contributed by atoms with Gasteiger partial charge in [-0.2, -0.15) is 10.1 Å². The second-order valence-electron chi connectivity index (χ2n) is 6.10. The number of allylic oxidation sites excluding steroid dienone is 2. The molecule has 1 aliphatic carbocycles. The van der Waals surface area contributed by atoms with Crippen LogP contribution >= 0.6 is 0 Å². The van der Waals surface area contributed by atoms with Gasteiger partial charge in [-0.25, -0.2) is 4.68 Å². The number of hydrogen-bond donors (Lipinski definition) is 2. The third-order valence-corrected chi connectivity index (χ3v) is 4.49. The number of carbonyl (C=O) groups is 1. The van der Waals surface area contributed by atoms with Gasteiger partial charge in [0, 0.05) is 43.1 Å². The lowest BCUT2D eigenvalue weighted by atomic mass is 9.86. The van der Waals surface area contributed by atoms with Gasteiger partial charge >= 0.3 is 0 Å². The van der Waals surface area contributed by atoms with Crippen LogP contribution in [0.4, 0.5) is 5.95 Å². The molecule has 1 atom stereocenters. The third-order valence-electron chi connectivity index (χ3n) is 4.49. The third kappa shape index (κ3) is 2.50. The van der Waals surface area contributed by atoms with E-state index in [1.165, 1.54) is 0 Å². The van der Waals surface area contributed by atoms with Gasteiger partial charge in [0.25, 0.3) is 0 Å². The van der Waals surface area contributed by atoms with Gasteiger partial charge < -0.3 is 10.4 Å². The summed E-state index contributed by atoms with van der Waals surface area (Å²) in [7, 11) is 0. The van der Waals surface area contributed by atoms with Gasteiger partial charge in [0.2, 0.25) is 5.95 Å². The van der Waals surface area contributed by atoms with Crippen molar-refractivity contribution in [2.45, 2.75) is 38.1 Å². The summed E-state index contributed by atoms with van der Waals surface area (Å²) in [4.78, 5) is 21.2. The molecule has 0 aromatic carbocycles. The summed E-state index contributed by atoms with van der Waals surface area (Å²) in [6.07, 6.45) is 6.97. The minimum Gasteiger partial charge on any atom is -0.396 e. The van der Waals surface area contributed by atoms with E-state index < -0.39 is 0 Å². The Morgan fingerprint density at radius 3 is 2.92 bits per heavy atom. The molecule has 2 N–H and O–H groups in total. The molecule has 0 radical (unpaired) electrons. The monoisotopic (exact) mass is 325 g/mol. The summed E-state index contributed by atoms with van der Waals surface area (Å²) in [5, 5.41) is 16.9. The van der Waals surface area contributed by atoms with Gasteiger partial charge in [-0.1, -0.05) is 0 Å². The zero-order valence-corrected chi connectivity index (χ0v) is 13.3. The van der Waals surface area contributed by atoms with Crippen LogP contribution in [-0.2, 0) is 11.2 Å². The molecule has 7 heteroatoms. The smallest absolute Gasteiger partial charge is 0.226 e. The summed E-state index contributed by atoms with van der Waals surface area (Å²) in [6.45, 7) is 0.109. The van der Waals surface area contributed by atoms with Crippen molar-refractivity contribution in [1.82, 2.24) is 19.7 Å². The minimum atomic E-state index is -0.262. The lowest BCUT2D eigenvalue weighted by Gasteiger charge is -2.32. The fourth-order valence-electron chi connectivity index (χ4n) is 3.40. The number of rotatable bonds is 4. The molecule has 124 valence electrons. The first-order chi connectivity index (χ1) is 11.8. The van der Waals surface area contributed by atoms with E-state index in [1.54, 1.807) is 17.1 Å². The van der Waals surface area contributed by atoms with Crippen LogP contribution < -0.4 is 5.32 Å². The molecule has 2 aromatic heterocycles. The molecule has 4 rings (SSSR count). The topological polar surface area (TPSA) is 92.9 Å². The van der Waals surface area contributed by atoms with E-state index in [2.05, 4.69) is 20.4 Å². The lowest BCUT2D eigenvalue weighted by Crippen LogP contribution is -2.31. The Balaban J connectivity index is 1.82. The number of aryl methyl sites for hydroxylation is 1. The van der Waals surface area contributed by atoms with Crippen molar-refractivity contribution in [3.05, 3.63) is 47.2 Å². The van der Waals surface area contributed by atoms with Gasteiger partial charge in [0.05, 0.1) is 0 Å². The molecular formula is C17H19N5O2. The number of fused-ring (bicyclic) bond motifs is 1. The van der Waals surface area contributed by atoms with Crippen molar-refractivity contribution in [1.29, 1.82) is 0 Å². The largest absolute Gasteiger partial charge is 0.396 e. The van der Waals surface area contributed by atoms with Crippen LogP contribution in [0.1, 0.15) is 43.1 Å². The van der Waals surface area contributed by atoms with Crippen LogP contribution in [0.3, 0.4) is 0 Å². The number of anilines is 1. The Morgan fingerprint density at radius 1 is 1.29 bits per heavy atom. The van der Waals surface area contributed by atoms with Crippen molar-refractivity contribution in [3.8, 4) is 0 Å². The highest BCUT2D eigenvalue weighted by Gasteiger charge is 2.36. The number of aliphatic hydroxyl groups excluding tert-OH is 1. The van der Waals surface area contributed by atoms with Crippen LogP contribution in [0.5, 0.6) is 0 Å². The summed E-state index contributed by atoms with van der Waals surface area (Å²) in [5.74, 6) is 1.51. The van der Waals surface area contributed by atoms with Gasteiger partial charge in [-0.15, -0.1) is 0 Å². The fraction of sp³-hybridized carbons (Fsp3) is 0.412. The van der Waals surface area contributed by atoms with E-state index in [4.69, 9.17) is 5.11 Å². The molecule has 0 saturated carbocycles. The normalized spacial score (nSPS) is 19.7. The number of carbonyl (C=O) groups excluding carboxylic acids is 1. The Hall–Kier alpha value is -2.54. The van der Waals surface area contributed by atoms with Crippen LogP contribution in [-0.4, -0.2) is 37.2 Å². The summed E-state index contributed by atoms with van der Waals surface area (Å²) >= 11 is 0. The number of ketones is 1. The van der Waals surface area contributed by atoms with Crippen LogP contribution in [0, 0.1) is 0 Å². The van der Waals surface area contributed by atoms with Crippen molar-refractivity contribution >= 4 is 11.7 Å². The standard InChI is InChI=1S/C17H19N5O2/c23-10-2-5-14-20-17-19-12-3-1-4-13(24)15(12)16(22(17)21-14)11-6-8-18-9-7-11/h6-9,16,23H,1-5,10H2,(H,19,20,21). The molecule has 2 aliphatic rings. The predicted molar refractivity (Wildman–Crippen MR) is 87.3 cm³/mol. The first-order valence-electron chi connectivity index (χ1n) is 8.27. The van der Waals surface area contributed by atoms with Gasteiger partial charge in [-0.05, 0) is 37.0 Å². The maximum absolute atomic E-state index is 12.6. The highest BCUT2D eigenvalue weighted by Crippen LogP contribution is 2.39. The molecule has 0 bridgehead atoms. The first kappa shape index (κ1) is 15.0. The molecule has 3 heterocycles. The average molecular weight is 325 g/mol. The van der Waals surface area contributed by atoms with E-state index in [0.29, 0.717) is 31.0 Å². The van der Waals surface area contributed by atoms with Crippen molar-refractivity contribution in [2.75, 3.05) is 11.9 Å². The van der Waals surface area contributed by atoms with Gasteiger partial charge in [0.1, 0.15) is 6.04 Å². The summed E-state index contributed by atoms with van der Waals surface area (Å²) in [5.41, 5.74) is 2.73. The predicted octanol–water partition coefficient (Wildman–Crippen LogP) is 1.62. The maximum atomic E-state index is 12.6. The zero-order chi connectivity index (χ0) is 16.5. The lowest BCUT2D eigenvalue weighted by molar-refractivity contribution is -0.116. The highest BCUT2D eigenvalue weighted by atomic mass is 16.2. The molecular weight excluding hydrogens is 306 g/mol. The number of hydrogen-bond acceptors (Lipinski definition) is 6. The molecule has 0 saturated heterocycles. The molecule has 0 fully saturated rings. The number of Topliss-reactive ketones (excluding diaryl/α,β-unsaturated/α-hetero) is 1. The number of pyridine rings is 1. The Bertz CT molecular complexity index is 797. The van der Waals surface area contributed by atoms with E-state index in [1.807, 2.05) is 12.1 Å². The zero-order valence-electron chi connectivity index (χ0n) is 13.3. The number of nitrogens with zero attached hydrogens (tertiary/aromatic N) is 4. The molecule has 24 heavy (non-hydrogen) atoms. The first-order valence-corrected chi connectivity index (χ1v) is 8.27. The van der Waals surface area contributed by atoms with Gasteiger partial charge in [-0.3, -0.25) is 9.78 Å². The van der Waals surface area contributed by atoms with Crippen LogP contribution in [0.25, 0.3) is 0 Å². The molecule has 7 nitrogen and oxygen atoms in total. The number of aromatic nitrogens is 4. The van der Waals surface area contributed by atoms with Crippen LogP contribution in [0.2, 0.25) is 0 Å². The number of nitrogens with one attached hydrogen (secondary N) is 1. The Labute approximate surface area is 139 Å². The van der Waals surface area contributed by atoms with E-state index in [0.717, 1.165) is 29.7 Å². The second kappa shape index (κ2) is 6.16. The highest BCUT2D eigenvalue weighted by molar-refractivity contribution is 5.99. The number of aliphatic hydroxyl groups is 1. The molecule has 1 unspecified atom stereocenters. The molecule has 0 amide bonds. The van der Waals surface area contributed by atoms with Crippen LogP contribution in [0.15, 0.2) is 35.8 Å². The molecule has 0 spiro atoms. The maximum Gasteiger partial charge on any atom is 0.226 e. The van der Waals surface area contributed by atoms with Crippen molar-refractivity contribution in [3.63, 3.8) is 0 Å². The van der Waals surface area contributed by atoms with E-state index in [-0.39, 0.29) is 18.4 Å². The second-order valence-corrected chi connectivity index (χ2v) is 6.10. The van der Waals surface area contributed by atoms with Gasteiger partial charge in [0.15, 0.2) is 11.6 Å². The summed E-state index contributed by atoms with van der Waals surface area (Å²) in [6, 6.07) is 3.57. The quantitative estimate of drug-likeness (QED) is 0.887. The Kier molecular flexibility index (Phi) is 3.86. The van der Waals surface area contributed by atoms with E-state index in [9.17, 15) is 4.79 Å². The molecule has 1 aliphatic heterocycles. The SMILES string of the molecule is O=C1CCCC2=C1C(c1ccncc1)n1nc(CCCO)nc1N2. The Morgan fingerprint density at radius 2 is 2.12 bits per heavy atom. The van der Waals surface area contributed by atoms with E-state index >= 15 is 0 Å². The van der Waals surface area contributed by atoms with Crippen molar-refractivity contribution < 1.29 is 9.90 Å². The van der Waals surface area contributed by atoms with Crippen molar-refractivity contribution in [2.24, 2.45) is 0 Å². The molecule has 2 aromatic rings. The minimum absolute atomic E-state index is 0.109. The fourth-order valence-corrected chi connectivity index (χ4v) is 3.40. The average Bonchev–Trinajstić information content (AvgIpc) is 3.01.